The molecule has 16 heteroatoms. The van der Waals surface area contributed by atoms with Crippen molar-refractivity contribution >= 4 is 35.3 Å². The first-order valence-electron chi connectivity index (χ1n) is 19.4. The zero-order valence-electron chi connectivity index (χ0n) is 33.9. The maximum Gasteiger partial charge on any atom is 0.330 e. The van der Waals surface area contributed by atoms with Crippen LogP contribution in [-0.2, 0) is 22.7 Å². The van der Waals surface area contributed by atoms with Gasteiger partial charge >= 0.3 is 5.69 Å². The summed E-state index contributed by atoms with van der Waals surface area (Å²) in [5, 5.41) is 15.7. The molecule has 56 heavy (non-hydrogen) atoms. The molecule has 0 saturated carbocycles. The molecule has 0 amide bonds. The van der Waals surface area contributed by atoms with E-state index in [-0.39, 0.29) is 11.6 Å². The molecule has 2 saturated heterocycles. The predicted octanol–water partition coefficient (Wildman–Crippen LogP) is 4.31. The van der Waals surface area contributed by atoms with Gasteiger partial charge in [-0.3, -0.25) is 19.4 Å². The number of aliphatic hydroxyl groups is 1. The second kappa shape index (κ2) is 17.8. The molecule has 3 aromatic rings. The number of aromatic amines is 1. The Kier molecular flexibility index (Phi) is 14.0. The summed E-state index contributed by atoms with van der Waals surface area (Å²) in [6, 6.07) is 20.7. The van der Waals surface area contributed by atoms with E-state index < -0.39 is 65.4 Å². The molecule has 3 N–H and O–H groups in total. The van der Waals surface area contributed by atoms with Crippen LogP contribution in [0.1, 0.15) is 79.9 Å². The average molecular weight is 827 g/mol. The van der Waals surface area contributed by atoms with E-state index in [0.717, 1.165) is 34.0 Å². The number of rotatable bonds is 10. The number of allylic oxidation sites excluding steroid dienone is 2. The van der Waals surface area contributed by atoms with Crippen molar-refractivity contribution in [3.05, 3.63) is 106 Å². The van der Waals surface area contributed by atoms with Gasteiger partial charge in [-0.05, 0) is 46.4 Å². The highest BCUT2D eigenvalue weighted by Gasteiger charge is 2.62. The average Bonchev–Trinajstić information content (AvgIpc) is 3.25. The molecular formula is C40H59N4O9PSi2. The van der Waals surface area contributed by atoms with Crippen molar-refractivity contribution in [2.24, 2.45) is 0 Å². The van der Waals surface area contributed by atoms with E-state index in [4.69, 9.17) is 18.1 Å². The van der Waals surface area contributed by atoms with E-state index in [1.165, 1.54) is 44.1 Å². The molecule has 5 atom stereocenters. The molecule has 1 aromatic heterocycles. The molecule has 306 valence electrons. The molecule has 3 aliphatic rings. The molecule has 3 aliphatic heterocycles. The molecule has 0 spiro atoms. The number of ether oxygens (including phenoxy) is 1. The summed E-state index contributed by atoms with van der Waals surface area (Å²) < 4.78 is 38.6. The Morgan fingerprint density at radius 1 is 0.964 bits per heavy atom. The smallest absolute Gasteiger partial charge is 0.330 e. The van der Waals surface area contributed by atoms with E-state index in [1.807, 2.05) is 94.5 Å². The first-order valence-corrected chi connectivity index (χ1v) is 25.5. The first kappa shape index (κ1) is 44.1. The molecule has 0 bridgehead atoms. The Labute approximate surface area is 333 Å². The molecule has 6 rings (SSSR count). The minimum atomic E-state index is -4.02. The van der Waals surface area contributed by atoms with Crippen LogP contribution in [0.2, 0.25) is 23.2 Å². The number of nitrogens with one attached hydrogen (secondary N) is 2. The lowest BCUT2D eigenvalue weighted by molar-refractivity contribution is -0.256. The van der Waals surface area contributed by atoms with Gasteiger partial charge in [0.05, 0.1) is 6.61 Å². The van der Waals surface area contributed by atoms with Crippen molar-refractivity contribution in [2.45, 2.75) is 121 Å². The van der Waals surface area contributed by atoms with Crippen LogP contribution in [-0.4, -0.2) is 74.0 Å². The molecule has 1 unspecified atom stereocenters. The van der Waals surface area contributed by atoms with Gasteiger partial charge in [-0.15, -0.1) is 0 Å². The third-order valence-electron chi connectivity index (χ3n) is 11.3. The summed E-state index contributed by atoms with van der Waals surface area (Å²) in [5.74, 6) is -2.57. The topological polar surface area (TPSA) is 167 Å². The van der Waals surface area contributed by atoms with Crippen molar-refractivity contribution in [1.82, 2.24) is 20.0 Å². The van der Waals surface area contributed by atoms with Crippen LogP contribution in [0.15, 0.2) is 88.2 Å². The number of fused-ring (bicyclic) bond motifs is 1. The van der Waals surface area contributed by atoms with Gasteiger partial charge in [0.25, 0.3) is 19.6 Å². The second-order valence-corrected chi connectivity index (χ2v) is 26.9. The third-order valence-corrected chi connectivity index (χ3v) is 21.2. The Morgan fingerprint density at radius 3 is 2.14 bits per heavy atom. The minimum Gasteiger partial charge on any atom is -0.781 e. The van der Waals surface area contributed by atoms with Crippen molar-refractivity contribution in [3.63, 3.8) is 0 Å². The van der Waals surface area contributed by atoms with Gasteiger partial charge < -0.3 is 32.7 Å². The Balaban J connectivity index is 0.000000463. The van der Waals surface area contributed by atoms with Crippen LogP contribution in [0.5, 0.6) is 0 Å². The zero-order valence-corrected chi connectivity index (χ0v) is 36.9. The fourth-order valence-corrected chi connectivity index (χ4v) is 13.7. The maximum atomic E-state index is 13.0. The van der Waals surface area contributed by atoms with Gasteiger partial charge in [-0.2, -0.15) is 0 Å². The zero-order chi connectivity index (χ0) is 40.9. The molecule has 2 aromatic carbocycles. The summed E-state index contributed by atoms with van der Waals surface area (Å²) >= 11 is 0. The van der Waals surface area contributed by atoms with Crippen molar-refractivity contribution in [3.8, 4) is 0 Å². The van der Waals surface area contributed by atoms with E-state index >= 15 is 0 Å². The van der Waals surface area contributed by atoms with Gasteiger partial charge in [0.15, 0.2) is 21.0 Å². The maximum absolute atomic E-state index is 13.0. The highest BCUT2D eigenvalue weighted by molar-refractivity contribution is 7.30. The summed E-state index contributed by atoms with van der Waals surface area (Å²) in [5.41, 5.74) is 3.38. The van der Waals surface area contributed by atoms with E-state index in [0.29, 0.717) is 0 Å². The summed E-state index contributed by atoms with van der Waals surface area (Å²) in [6.07, 6.45) is 6.70. The molecule has 0 radical (unpaired) electrons. The first-order chi connectivity index (χ1) is 26.3. The van der Waals surface area contributed by atoms with Crippen LogP contribution >= 0.6 is 8.25 Å². The Morgan fingerprint density at radius 2 is 1.59 bits per heavy atom. The number of benzene rings is 2. The number of nitrogens with zero attached hydrogens (tertiary/aromatic N) is 2. The summed E-state index contributed by atoms with van der Waals surface area (Å²) in [6.45, 7) is 18.1. The van der Waals surface area contributed by atoms with Crippen LogP contribution < -0.4 is 31.9 Å². The molecule has 2 fully saturated rings. The van der Waals surface area contributed by atoms with E-state index in [9.17, 15) is 24.2 Å². The van der Waals surface area contributed by atoms with E-state index in [1.54, 1.807) is 0 Å². The molecule has 4 heterocycles. The lowest BCUT2D eigenvalue weighted by Crippen LogP contribution is -2.67. The monoisotopic (exact) mass is 826 g/mol. The summed E-state index contributed by atoms with van der Waals surface area (Å²) in [4.78, 5) is 39.3. The highest BCUT2D eigenvalue weighted by atomic mass is 31.1. The van der Waals surface area contributed by atoms with Gasteiger partial charge in [0.2, 0.25) is 11.9 Å². The standard InChI is InChI=1S/C31H45N2O9PSi2.C9H15N2/c1-29(2,3)44(7,8)41-26-27(33-20-19-25(34)32-28(33)35)40-24(31(26,36)42-43(37)38)21-39-45(30(4,5)6,22-15-11-9-12-16-22)23-17-13-10-14-18-23;1-3-7-10-11-8-4-2-6-9(11)5-1/h9-20,24,26-27,36,43H,21H2,1-8H3,(H,37,38)(H,32,34,35);10H,1-5,7-8H2/q;+1/p-1/t24-,26+,27-,31-;/m1./s1. The summed E-state index contributed by atoms with van der Waals surface area (Å²) in [7, 11) is -9.97. The molecule has 13 nitrogen and oxygen atoms in total. The van der Waals surface area contributed by atoms with Crippen molar-refractivity contribution in [2.75, 3.05) is 19.7 Å². The van der Waals surface area contributed by atoms with Crippen LogP contribution in [0, 0.1) is 6.08 Å². The predicted molar refractivity (Wildman–Crippen MR) is 220 cm³/mol. The number of aromatic nitrogens is 2. The fourth-order valence-electron chi connectivity index (χ4n) is 7.31. The Hall–Kier alpha value is -3.05. The van der Waals surface area contributed by atoms with Crippen LogP contribution in [0.25, 0.3) is 0 Å². The van der Waals surface area contributed by atoms with Gasteiger partial charge in [0, 0.05) is 38.2 Å². The van der Waals surface area contributed by atoms with E-state index in [2.05, 4.69) is 42.3 Å². The lowest BCUT2D eigenvalue weighted by Gasteiger charge is -2.45. The number of hydrogen-bond acceptors (Lipinski definition) is 11. The van der Waals surface area contributed by atoms with Crippen molar-refractivity contribution in [1.29, 1.82) is 0 Å². The van der Waals surface area contributed by atoms with Gasteiger partial charge in [-0.1, -0.05) is 102 Å². The fraction of sp³-hybridized carbons (Fsp3) is 0.550. The second-order valence-electron chi connectivity index (χ2n) is 17.2. The van der Waals surface area contributed by atoms with Gasteiger partial charge in [0.1, 0.15) is 20.5 Å². The van der Waals surface area contributed by atoms with Gasteiger partial charge in [-0.25, -0.2) is 10.2 Å². The largest absolute Gasteiger partial charge is 0.781 e. The third kappa shape index (κ3) is 9.62. The number of hydrogen-bond donors (Lipinski definition) is 3. The van der Waals surface area contributed by atoms with Crippen LogP contribution in [0.3, 0.4) is 0 Å². The van der Waals surface area contributed by atoms with Crippen LogP contribution in [0.4, 0.5) is 0 Å². The lowest BCUT2D eigenvalue weighted by atomic mass is 10.1. The molecule has 0 aliphatic carbocycles. The Bertz CT molecular complexity index is 1890. The SMILES string of the molecule is CC(C)(C)[Si](C)(C)O[C@H]1[C@H](n2ccc(=O)[nH]c2=O)O[C@H](CO[Si](c2ccccc2)(c2ccccc2)C(C)(C)C)[C@@]1(O)O[PH](=O)[O-].[C+]1=C2CCCCNN2CCC1. The minimum absolute atomic E-state index is 0.301. The molecular weight excluding hydrogens is 768 g/mol. The quantitative estimate of drug-likeness (QED) is 0.115. The number of hydrazine groups is 1. The van der Waals surface area contributed by atoms with Crippen molar-refractivity contribution < 1.29 is 32.7 Å². The highest BCUT2D eigenvalue weighted by Crippen LogP contribution is 2.48. The number of H-pyrrole nitrogens is 1. The normalized spacial score (nSPS) is 23.9.